The fraction of sp³-hybridized carbons (Fsp3) is 0.500. The third-order valence-electron chi connectivity index (χ3n) is 4.18. The van der Waals surface area contributed by atoms with Gasteiger partial charge in [0.15, 0.2) is 0 Å². The van der Waals surface area contributed by atoms with Crippen LogP contribution in [-0.4, -0.2) is 16.9 Å². The van der Waals surface area contributed by atoms with E-state index in [1.54, 1.807) is 12.1 Å². The van der Waals surface area contributed by atoms with Crippen molar-refractivity contribution in [2.75, 3.05) is 0 Å². The number of nitrogens with zero attached hydrogens (tertiary/aromatic N) is 2. The number of pyridine rings is 1. The minimum Gasteiger partial charge on any atom is -0.348 e. The molecule has 0 aliphatic heterocycles. The molecule has 92 valence electrons. The zero-order valence-corrected chi connectivity index (χ0v) is 10.1. The maximum absolute atomic E-state index is 12.0. The van der Waals surface area contributed by atoms with Gasteiger partial charge in [-0.25, -0.2) is 4.98 Å². The van der Waals surface area contributed by atoms with Gasteiger partial charge in [-0.05, 0) is 43.2 Å². The molecule has 2 saturated carbocycles. The lowest BCUT2D eigenvalue weighted by molar-refractivity contribution is 0.0918. The van der Waals surface area contributed by atoms with Gasteiger partial charge >= 0.3 is 0 Å². The summed E-state index contributed by atoms with van der Waals surface area (Å²) in [6, 6.07) is 5.56. The van der Waals surface area contributed by atoms with E-state index < -0.39 is 0 Å². The Labute approximate surface area is 106 Å². The molecule has 2 aliphatic rings. The number of rotatable bonds is 2. The van der Waals surface area contributed by atoms with Crippen molar-refractivity contribution in [3.63, 3.8) is 0 Å². The number of hydrogen-bond donors (Lipinski definition) is 1. The third kappa shape index (κ3) is 1.97. The summed E-state index contributed by atoms with van der Waals surface area (Å²) < 4.78 is 0. The monoisotopic (exact) mass is 241 g/mol. The summed E-state index contributed by atoms with van der Waals surface area (Å²) in [5, 5.41) is 11.8. The molecule has 1 heterocycles. The molecule has 1 N–H and O–H groups in total. The fourth-order valence-corrected chi connectivity index (χ4v) is 3.26. The van der Waals surface area contributed by atoms with Crippen molar-refractivity contribution < 1.29 is 4.79 Å². The largest absolute Gasteiger partial charge is 0.348 e. The van der Waals surface area contributed by atoms with Gasteiger partial charge in [0.2, 0.25) is 0 Å². The molecule has 0 aromatic carbocycles. The molecular formula is C14H15N3O. The summed E-state index contributed by atoms with van der Waals surface area (Å²) in [7, 11) is 0. The molecule has 0 spiro atoms. The van der Waals surface area contributed by atoms with E-state index in [1.165, 1.54) is 25.5 Å². The van der Waals surface area contributed by atoms with E-state index >= 15 is 0 Å². The van der Waals surface area contributed by atoms with Gasteiger partial charge in [0, 0.05) is 12.2 Å². The van der Waals surface area contributed by atoms with Crippen molar-refractivity contribution in [2.45, 2.75) is 31.7 Å². The molecule has 4 heteroatoms. The number of nitriles is 1. The standard InChI is InChI=1S/C14H15N3O/c15-7-10-2-4-12(16-8-10)14(18)17-13-6-9-1-3-11(13)5-9/h2,4,8-9,11,13H,1,3,5-6H2,(H,17,18). The molecule has 3 unspecified atom stereocenters. The molecule has 4 nitrogen and oxygen atoms in total. The van der Waals surface area contributed by atoms with Crippen LogP contribution in [0.4, 0.5) is 0 Å². The minimum atomic E-state index is -0.114. The van der Waals surface area contributed by atoms with Crippen LogP contribution >= 0.6 is 0 Å². The van der Waals surface area contributed by atoms with Gasteiger partial charge in [-0.15, -0.1) is 0 Å². The molecule has 1 amide bonds. The molecule has 1 aromatic heterocycles. The topological polar surface area (TPSA) is 65.8 Å². The van der Waals surface area contributed by atoms with Gasteiger partial charge in [0.25, 0.3) is 5.91 Å². The van der Waals surface area contributed by atoms with E-state index in [9.17, 15) is 4.79 Å². The smallest absolute Gasteiger partial charge is 0.270 e. The van der Waals surface area contributed by atoms with Crippen molar-refractivity contribution >= 4 is 5.91 Å². The van der Waals surface area contributed by atoms with Crippen LogP contribution < -0.4 is 5.32 Å². The lowest BCUT2D eigenvalue weighted by atomic mass is 9.95. The van der Waals surface area contributed by atoms with Crippen molar-refractivity contribution in [3.05, 3.63) is 29.6 Å². The van der Waals surface area contributed by atoms with Crippen LogP contribution in [0.1, 0.15) is 41.7 Å². The van der Waals surface area contributed by atoms with Gasteiger partial charge in [-0.3, -0.25) is 4.79 Å². The first-order chi connectivity index (χ1) is 8.76. The minimum absolute atomic E-state index is 0.114. The fourth-order valence-electron chi connectivity index (χ4n) is 3.26. The molecule has 1 aromatic rings. The highest BCUT2D eigenvalue weighted by Crippen LogP contribution is 2.44. The Kier molecular flexibility index (Phi) is 2.75. The molecule has 18 heavy (non-hydrogen) atoms. The first kappa shape index (κ1) is 11.2. The van der Waals surface area contributed by atoms with E-state index in [2.05, 4.69) is 10.3 Å². The highest BCUT2D eigenvalue weighted by atomic mass is 16.1. The molecule has 0 radical (unpaired) electrons. The number of nitrogens with one attached hydrogen (secondary N) is 1. The second kappa shape index (κ2) is 4.41. The lowest BCUT2D eigenvalue weighted by Crippen LogP contribution is -2.38. The number of amides is 1. The van der Waals surface area contributed by atoms with Crippen LogP contribution in [-0.2, 0) is 0 Å². The van der Waals surface area contributed by atoms with Crippen molar-refractivity contribution in [1.82, 2.24) is 10.3 Å². The Morgan fingerprint density at radius 2 is 2.28 bits per heavy atom. The number of aromatic nitrogens is 1. The summed E-state index contributed by atoms with van der Waals surface area (Å²) in [6.45, 7) is 0. The van der Waals surface area contributed by atoms with Crippen LogP contribution in [0.3, 0.4) is 0 Å². The van der Waals surface area contributed by atoms with E-state index in [1.807, 2.05) is 6.07 Å². The van der Waals surface area contributed by atoms with Gasteiger partial charge in [-0.1, -0.05) is 6.42 Å². The van der Waals surface area contributed by atoms with Gasteiger partial charge in [0.05, 0.1) is 5.56 Å². The number of carbonyl (C=O) groups excluding carboxylic acids is 1. The van der Waals surface area contributed by atoms with Crippen LogP contribution in [0.5, 0.6) is 0 Å². The summed E-state index contributed by atoms with van der Waals surface area (Å²) in [5.41, 5.74) is 0.878. The highest BCUT2D eigenvalue weighted by molar-refractivity contribution is 5.92. The van der Waals surface area contributed by atoms with Crippen LogP contribution in [0, 0.1) is 23.2 Å². The normalized spacial score (nSPS) is 28.9. The molecule has 2 aliphatic carbocycles. The van der Waals surface area contributed by atoms with E-state index in [0.717, 1.165) is 12.3 Å². The summed E-state index contributed by atoms with van der Waals surface area (Å²) in [6.07, 6.45) is 6.40. The maximum Gasteiger partial charge on any atom is 0.270 e. The van der Waals surface area contributed by atoms with Gasteiger partial charge in [-0.2, -0.15) is 5.26 Å². The van der Waals surface area contributed by atoms with Crippen LogP contribution in [0.2, 0.25) is 0 Å². The molecule has 3 rings (SSSR count). The Morgan fingerprint density at radius 3 is 2.83 bits per heavy atom. The Morgan fingerprint density at radius 1 is 1.39 bits per heavy atom. The maximum atomic E-state index is 12.0. The number of carbonyl (C=O) groups is 1. The zero-order chi connectivity index (χ0) is 12.5. The summed E-state index contributed by atoms with van der Waals surface area (Å²) >= 11 is 0. The SMILES string of the molecule is N#Cc1ccc(C(=O)NC2CC3CCC2C3)nc1. The van der Waals surface area contributed by atoms with Crippen LogP contribution in [0.15, 0.2) is 18.3 Å². The number of hydrogen-bond acceptors (Lipinski definition) is 3. The Balaban J connectivity index is 1.66. The van der Waals surface area contributed by atoms with E-state index in [0.29, 0.717) is 23.2 Å². The van der Waals surface area contributed by atoms with Gasteiger partial charge in [0.1, 0.15) is 11.8 Å². The molecule has 3 atom stereocenters. The third-order valence-corrected chi connectivity index (χ3v) is 4.18. The summed E-state index contributed by atoms with van der Waals surface area (Å²) in [4.78, 5) is 16.0. The summed E-state index contributed by atoms with van der Waals surface area (Å²) in [5.74, 6) is 1.36. The predicted molar refractivity (Wildman–Crippen MR) is 65.7 cm³/mol. The van der Waals surface area contributed by atoms with E-state index in [-0.39, 0.29) is 5.91 Å². The number of fused-ring (bicyclic) bond motifs is 2. The molecule has 2 fully saturated rings. The van der Waals surface area contributed by atoms with Crippen LogP contribution in [0.25, 0.3) is 0 Å². The average molecular weight is 241 g/mol. The first-order valence-corrected chi connectivity index (χ1v) is 6.43. The second-order valence-corrected chi connectivity index (χ2v) is 5.30. The average Bonchev–Trinajstić information content (AvgIpc) is 3.01. The van der Waals surface area contributed by atoms with Crippen molar-refractivity contribution in [2.24, 2.45) is 11.8 Å². The van der Waals surface area contributed by atoms with Gasteiger partial charge < -0.3 is 5.32 Å². The lowest BCUT2D eigenvalue weighted by Gasteiger charge is -2.22. The van der Waals surface area contributed by atoms with Crippen molar-refractivity contribution in [3.8, 4) is 6.07 Å². The Hall–Kier alpha value is -1.89. The predicted octanol–water partition coefficient (Wildman–Crippen LogP) is 1.87. The molecule has 2 bridgehead atoms. The Bertz CT molecular complexity index is 503. The highest BCUT2D eigenvalue weighted by Gasteiger charge is 2.40. The van der Waals surface area contributed by atoms with Crippen molar-refractivity contribution in [1.29, 1.82) is 5.26 Å². The molecular weight excluding hydrogens is 226 g/mol. The van der Waals surface area contributed by atoms with E-state index in [4.69, 9.17) is 5.26 Å². The first-order valence-electron chi connectivity index (χ1n) is 6.43. The second-order valence-electron chi connectivity index (χ2n) is 5.30. The zero-order valence-electron chi connectivity index (χ0n) is 10.1. The quantitative estimate of drug-likeness (QED) is 0.859. The molecule has 0 saturated heterocycles.